The molecule has 2 N–H and O–H groups in total. The minimum absolute atomic E-state index is 0.00827. The normalized spacial score (nSPS) is 17.0. The van der Waals surface area contributed by atoms with Crippen molar-refractivity contribution in [2.75, 3.05) is 11.0 Å². The predicted molar refractivity (Wildman–Crippen MR) is 211 cm³/mol. The first kappa shape index (κ1) is 41.9. The number of fused-ring (bicyclic) bond motifs is 5. The van der Waals surface area contributed by atoms with Crippen LogP contribution in [-0.4, -0.2) is 54.7 Å². The van der Waals surface area contributed by atoms with Gasteiger partial charge in [-0.15, -0.1) is 0 Å². The molecule has 13 nitrogen and oxygen atoms in total. The average Bonchev–Trinajstić information content (AvgIpc) is 3.73. The number of amides is 1. The van der Waals surface area contributed by atoms with Gasteiger partial charge in [-0.05, 0) is 54.3 Å². The van der Waals surface area contributed by atoms with Gasteiger partial charge in [0.2, 0.25) is 15.9 Å². The average molecular weight is 918 g/mol. The molecule has 2 aliphatic carbocycles. The van der Waals surface area contributed by atoms with Crippen LogP contribution in [0, 0.1) is 29.2 Å². The molecule has 23 heteroatoms. The number of nitrogens with one attached hydrogen (secondary N) is 2. The summed E-state index contributed by atoms with van der Waals surface area (Å²) in [4.78, 5) is 37.7. The van der Waals surface area contributed by atoms with Crippen LogP contribution in [0.25, 0.3) is 38.8 Å². The van der Waals surface area contributed by atoms with E-state index in [4.69, 9.17) is 16.6 Å². The molecule has 0 radical (unpaired) electrons. The van der Waals surface area contributed by atoms with Crippen molar-refractivity contribution in [3.63, 3.8) is 0 Å². The number of alkyl halides is 4. The molecule has 0 spiro atoms. The number of aryl methyl sites for hydroxylation is 1. The molecule has 7 aromatic rings. The van der Waals surface area contributed by atoms with Crippen LogP contribution < -0.4 is 15.6 Å². The van der Waals surface area contributed by atoms with Gasteiger partial charge >= 0.3 is 0 Å². The van der Waals surface area contributed by atoms with Crippen LogP contribution >= 0.6 is 11.6 Å². The summed E-state index contributed by atoms with van der Waals surface area (Å²) < 4.78 is 147. The minimum atomic E-state index is -3.96. The van der Waals surface area contributed by atoms with Crippen molar-refractivity contribution in [3.8, 4) is 16.9 Å². The van der Waals surface area contributed by atoms with Gasteiger partial charge in [-0.3, -0.25) is 33.2 Å². The van der Waals surface area contributed by atoms with Crippen LogP contribution in [0.5, 0.6) is 0 Å². The summed E-state index contributed by atoms with van der Waals surface area (Å²) in [6.45, 7) is -1.05. The van der Waals surface area contributed by atoms with Gasteiger partial charge in [0.25, 0.3) is 17.9 Å². The third kappa shape index (κ3) is 7.33. The topological polar surface area (TPSA) is 159 Å². The highest BCUT2D eigenvalue weighted by Crippen LogP contribution is 2.68. The zero-order valence-electron chi connectivity index (χ0n) is 32.3. The molecule has 0 bridgehead atoms. The second-order valence-electron chi connectivity index (χ2n) is 15.2. The number of hydrogen-bond acceptors (Lipinski definition) is 8. The van der Waals surface area contributed by atoms with Gasteiger partial charge in [0.15, 0.2) is 17.5 Å². The second kappa shape index (κ2) is 14.9. The molecular formula is C40H28ClF8N9O4S. The zero-order chi connectivity index (χ0) is 45.0. The van der Waals surface area contributed by atoms with Crippen molar-refractivity contribution in [2.45, 2.75) is 43.7 Å². The quantitative estimate of drug-likeness (QED) is 0.128. The van der Waals surface area contributed by atoms with E-state index in [9.17, 15) is 44.3 Å². The first-order valence-electron chi connectivity index (χ1n) is 18.7. The summed E-state index contributed by atoms with van der Waals surface area (Å²) >= 11 is 6.59. The van der Waals surface area contributed by atoms with E-state index in [0.29, 0.717) is 16.9 Å². The molecule has 4 heterocycles. The van der Waals surface area contributed by atoms with E-state index in [-0.39, 0.29) is 73.0 Å². The smallest absolute Gasteiger partial charge is 0.293 e. The SMILES string of the molecule is Cn1nc(NS(C)(=O)=O)c2c(Cl)ccc(-n3c([C@H](Cc4cc(F)cc(F)c4)NC(=O)Cn4nc(C(F)F)c5c4C(F)(F)[C@@H]4C[C@H]54)nc4cc(-c5cc(F)c(F)cn5)ccc4c3=O)c21. The molecule has 0 unspecified atom stereocenters. The Hall–Kier alpha value is -6.42. The number of halogens is 9. The fraction of sp³-hybridized carbons (Fsp3) is 0.250. The van der Waals surface area contributed by atoms with Crippen molar-refractivity contribution >= 4 is 55.2 Å². The number of rotatable bonds is 11. The molecular weight excluding hydrogens is 890 g/mol. The molecule has 2 aliphatic rings. The Balaban J connectivity index is 1.26. The minimum Gasteiger partial charge on any atom is -0.344 e. The summed E-state index contributed by atoms with van der Waals surface area (Å²) in [5.74, 6) is -12.0. The highest BCUT2D eigenvalue weighted by Gasteiger charge is 2.67. The van der Waals surface area contributed by atoms with E-state index in [2.05, 4.69) is 25.2 Å². The number of benzene rings is 3. The number of nitrogens with zero attached hydrogens (tertiary/aromatic N) is 7. The van der Waals surface area contributed by atoms with E-state index >= 15 is 8.78 Å². The fourth-order valence-electron chi connectivity index (χ4n) is 8.31. The number of carbonyl (C=O) groups is 1. The monoisotopic (exact) mass is 917 g/mol. The number of pyridine rings is 1. The van der Waals surface area contributed by atoms with Gasteiger partial charge in [0.05, 0.1) is 56.7 Å². The highest BCUT2D eigenvalue weighted by molar-refractivity contribution is 7.92. The molecule has 63 heavy (non-hydrogen) atoms. The predicted octanol–water partition coefficient (Wildman–Crippen LogP) is 7.36. The van der Waals surface area contributed by atoms with Crippen LogP contribution in [0.4, 0.5) is 40.9 Å². The Morgan fingerprint density at radius 1 is 1.00 bits per heavy atom. The largest absolute Gasteiger partial charge is 0.344 e. The number of hydrogen-bond donors (Lipinski definition) is 2. The molecule has 0 aliphatic heterocycles. The van der Waals surface area contributed by atoms with Crippen molar-refractivity contribution < 1.29 is 48.3 Å². The molecule has 0 saturated heterocycles. The summed E-state index contributed by atoms with van der Waals surface area (Å²) in [6, 6.07) is 8.23. The van der Waals surface area contributed by atoms with E-state index in [1.807, 2.05) is 0 Å². The molecule has 3 atom stereocenters. The number of anilines is 1. The van der Waals surface area contributed by atoms with Gasteiger partial charge in [0, 0.05) is 42.6 Å². The second-order valence-corrected chi connectivity index (χ2v) is 17.4. The van der Waals surface area contributed by atoms with Crippen LogP contribution in [0.1, 0.15) is 53.1 Å². The standard InChI is InChI=1S/C40H28ClF8N9O4S/c1-56-34-29(6-5-23(41)32(34)37(54-56)55-63(2,61)62)58-38(52-27-10-17(3-4-20(27)39(58)60)26-13-24(44)25(45)14-50-26)28(9-16-7-18(42)11-19(43)8-16)51-30(59)15-57-35-31(33(53-57)36(46)47)21-12-22(21)40(35,48)49/h3-8,10-11,13-14,21-22,28,36H,9,12,15H2,1-2H3,(H,51,59)(H,54,55)/t21-,22+,28-/m0/s1. The number of aromatic nitrogens is 7. The van der Waals surface area contributed by atoms with Gasteiger partial charge in [-0.1, -0.05) is 17.7 Å². The third-order valence-corrected chi connectivity index (χ3v) is 11.8. The van der Waals surface area contributed by atoms with E-state index in [1.165, 1.54) is 42.1 Å². The van der Waals surface area contributed by atoms with Crippen LogP contribution in [0.3, 0.4) is 0 Å². The lowest BCUT2D eigenvalue weighted by atomic mass is 10.0. The van der Waals surface area contributed by atoms with Gasteiger partial charge in [-0.25, -0.2) is 39.7 Å². The first-order chi connectivity index (χ1) is 29.7. The Morgan fingerprint density at radius 2 is 1.73 bits per heavy atom. The zero-order valence-corrected chi connectivity index (χ0v) is 33.9. The van der Waals surface area contributed by atoms with E-state index in [1.54, 1.807) is 0 Å². The lowest BCUT2D eigenvalue weighted by Crippen LogP contribution is -2.38. The van der Waals surface area contributed by atoms with Gasteiger partial charge in [-0.2, -0.15) is 19.0 Å². The highest BCUT2D eigenvalue weighted by atomic mass is 35.5. The summed E-state index contributed by atoms with van der Waals surface area (Å²) in [7, 11) is -2.55. The molecule has 4 aromatic heterocycles. The van der Waals surface area contributed by atoms with Crippen LogP contribution in [0.2, 0.25) is 5.02 Å². The maximum atomic E-state index is 15.5. The van der Waals surface area contributed by atoms with Crippen molar-refractivity contribution in [1.82, 2.24) is 39.4 Å². The molecule has 326 valence electrons. The van der Waals surface area contributed by atoms with E-state index in [0.717, 1.165) is 29.0 Å². The number of carbonyl (C=O) groups excluding carboxylic acids is 1. The Bertz CT molecular complexity index is 3250. The Morgan fingerprint density at radius 3 is 2.41 bits per heavy atom. The number of sulfonamides is 1. The van der Waals surface area contributed by atoms with Crippen LogP contribution in [-0.2, 0) is 40.8 Å². The summed E-state index contributed by atoms with van der Waals surface area (Å²) in [6.07, 6.45) is -2.33. The van der Waals surface area contributed by atoms with E-state index < -0.39 is 99.3 Å². The maximum Gasteiger partial charge on any atom is 0.293 e. The van der Waals surface area contributed by atoms with Crippen molar-refractivity contribution in [3.05, 3.63) is 128 Å². The third-order valence-electron chi connectivity index (χ3n) is 10.9. The molecule has 3 aromatic carbocycles. The molecule has 1 saturated carbocycles. The lowest BCUT2D eigenvalue weighted by Gasteiger charge is -2.24. The first-order valence-corrected chi connectivity index (χ1v) is 21.0. The Kier molecular flexibility index (Phi) is 9.88. The maximum absolute atomic E-state index is 15.5. The fourth-order valence-corrected chi connectivity index (χ4v) is 9.05. The molecule has 1 fully saturated rings. The van der Waals surface area contributed by atoms with Crippen LogP contribution in [0.15, 0.2) is 65.6 Å². The van der Waals surface area contributed by atoms with Gasteiger partial charge in [0.1, 0.15) is 35.4 Å². The molecule has 1 amide bonds. The molecule has 9 rings (SSSR count). The lowest BCUT2D eigenvalue weighted by molar-refractivity contribution is -0.123. The summed E-state index contributed by atoms with van der Waals surface area (Å²) in [5.41, 5.74) is -3.12. The van der Waals surface area contributed by atoms with Gasteiger partial charge < -0.3 is 5.32 Å². The Labute approximate surface area is 354 Å². The van der Waals surface area contributed by atoms with Crippen molar-refractivity contribution in [2.24, 2.45) is 13.0 Å². The van der Waals surface area contributed by atoms with Crippen molar-refractivity contribution in [1.29, 1.82) is 0 Å². The summed E-state index contributed by atoms with van der Waals surface area (Å²) in [5, 5.41) is 10.4.